The first-order chi connectivity index (χ1) is 20.2. The first-order valence-electron chi connectivity index (χ1n) is 13.9. The first-order valence-corrected chi connectivity index (χ1v) is 16.5. The standard InChI is InChI=1S/C31H36BrN3O6S/c1-3-33-31(37)27(20-23-8-5-4-6-9-23)34(22-24-11-13-25(32)14-12-24)30(36)10-7-17-35(42(2,38)39)26-15-16-28-29(21-26)41-19-18-40-28/h4-6,8-9,11-16,21,27H,3,7,10,17-20,22H2,1-2H3,(H,33,37). The molecule has 2 amide bonds. The average molecular weight is 659 g/mol. The van der Waals surface area contributed by atoms with E-state index in [1.807, 2.05) is 61.5 Å². The molecular weight excluding hydrogens is 622 g/mol. The molecule has 1 aliphatic heterocycles. The number of nitrogens with zero attached hydrogens (tertiary/aromatic N) is 2. The van der Waals surface area contributed by atoms with Crippen molar-refractivity contribution in [1.29, 1.82) is 0 Å². The van der Waals surface area contributed by atoms with Crippen molar-refractivity contribution in [1.82, 2.24) is 10.2 Å². The highest BCUT2D eigenvalue weighted by atomic mass is 79.9. The molecule has 0 spiro atoms. The van der Waals surface area contributed by atoms with Crippen LogP contribution in [0.1, 0.15) is 30.9 Å². The van der Waals surface area contributed by atoms with Gasteiger partial charge in [0, 0.05) is 43.0 Å². The first kappa shape index (κ1) is 31.4. The van der Waals surface area contributed by atoms with Crippen molar-refractivity contribution in [2.75, 3.05) is 36.9 Å². The van der Waals surface area contributed by atoms with Crippen LogP contribution in [0.3, 0.4) is 0 Å². The summed E-state index contributed by atoms with van der Waals surface area (Å²) in [5.41, 5.74) is 2.25. The third-order valence-corrected chi connectivity index (χ3v) is 8.58. The lowest BCUT2D eigenvalue weighted by molar-refractivity contribution is -0.141. The van der Waals surface area contributed by atoms with Crippen LogP contribution < -0.4 is 19.1 Å². The Bertz CT molecular complexity index is 1470. The molecule has 0 saturated heterocycles. The highest BCUT2D eigenvalue weighted by Gasteiger charge is 2.30. The molecule has 9 nitrogen and oxygen atoms in total. The normalized spacial score (nSPS) is 13.2. The van der Waals surface area contributed by atoms with Gasteiger partial charge in [-0.3, -0.25) is 13.9 Å². The Hall–Kier alpha value is -3.57. The van der Waals surface area contributed by atoms with Gasteiger partial charge in [-0.2, -0.15) is 0 Å². The number of sulfonamides is 1. The number of nitrogens with one attached hydrogen (secondary N) is 1. The molecule has 0 bridgehead atoms. The smallest absolute Gasteiger partial charge is 0.243 e. The van der Waals surface area contributed by atoms with Crippen LogP contribution in [-0.2, 0) is 32.6 Å². The lowest BCUT2D eigenvalue weighted by Gasteiger charge is -2.32. The van der Waals surface area contributed by atoms with Crippen LogP contribution >= 0.6 is 15.9 Å². The minimum absolute atomic E-state index is 0.0534. The van der Waals surface area contributed by atoms with Gasteiger partial charge in [-0.15, -0.1) is 0 Å². The third-order valence-electron chi connectivity index (χ3n) is 6.85. The molecule has 0 radical (unpaired) electrons. The summed E-state index contributed by atoms with van der Waals surface area (Å²) in [6.45, 7) is 3.41. The van der Waals surface area contributed by atoms with Crippen LogP contribution in [0.5, 0.6) is 11.5 Å². The predicted octanol–water partition coefficient (Wildman–Crippen LogP) is 4.54. The average Bonchev–Trinajstić information content (AvgIpc) is 2.97. The highest BCUT2D eigenvalue weighted by molar-refractivity contribution is 9.10. The molecule has 1 unspecified atom stereocenters. The van der Waals surface area contributed by atoms with Crippen molar-refractivity contribution in [3.63, 3.8) is 0 Å². The number of fused-ring (bicyclic) bond motifs is 1. The fourth-order valence-corrected chi connectivity index (χ4v) is 6.05. The Morgan fingerprint density at radius 3 is 2.31 bits per heavy atom. The van der Waals surface area contributed by atoms with Gasteiger partial charge in [-0.05, 0) is 48.7 Å². The highest BCUT2D eigenvalue weighted by Crippen LogP contribution is 2.35. The number of halogens is 1. The van der Waals surface area contributed by atoms with E-state index in [1.165, 1.54) is 4.31 Å². The second-order valence-corrected chi connectivity index (χ2v) is 12.8. The molecule has 1 atom stereocenters. The Kier molecular flexibility index (Phi) is 10.9. The predicted molar refractivity (Wildman–Crippen MR) is 166 cm³/mol. The number of benzene rings is 3. The molecule has 0 saturated carbocycles. The number of hydrogen-bond donors (Lipinski definition) is 1. The molecule has 4 rings (SSSR count). The van der Waals surface area contributed by atoms with Gasteiger partial charge in [0.2, 0.25) is 21.8 Å². The zero-order valence-electron chi connectivity index (χ0n) is 23.8. The maximum Gasteiger partial charge on any atom is 0.243 e. The largest absolute Gasteiger partial charge is 0.486 e. The summed E-state index contributed by atoms with van der Waals surface area (Å²) in [5, 5.41) is 2.89. The molecule has 0 aliphatic carbocycles. The number of amides is 2. The van der Waals surface area contributed by atoms with Gasteiger partial charge in [0.05, 0.1) is 11.9 Å². The fraction of sp³-hybridized carbons (Fsp3) is 0.355. The van der Waals surface area contributed by atoms with E-state index in [9.17, 15) is 18.0 Å². The van der Waals surface area contributed by atoms with E-state index >= 15 is 0 Å². The van der Waals surface area contributed by atoms with Crippen LogP contribution in [0.4, 0.5) is 5.69 Å². The van der Waals surface area contributed by atoms with Crippen molar-refractivity contribution >= 4 is 43.5 Å². The Labute approximate surface area is 256 Å². The lowest BCUT2D eigenvalue weighted by atomic mass is 10.0. The summed E-state index contributed by atoms with van der Waals surface area (Å²) in [6.07, 6.45) is 1.79. The van der Waals surface area contributed by atoms with E-state index in [0.717, 1.165) is 21.9 Å². The quantitative estimate of drug-likeness (QED) is 0.289. The van der Waals surface area contributed by atoms with Crippen LogP contribution in [-0.4, -0.2) is 63.7 Å². The van der Waals surface area contributed by atoms with E-state index in [4.69, 9.17) is 9.47 Å². The number of carbonyl (C=O) groups excluding carboxylic acids is 2. The van der Waals surface area contributed by atoms with Crippen LogP contribution in [0.2, 0.25) is 0 Å². The number of anilines is 1. The number of likely N-dealkylation sites (N-methyl/N-ethyl adjacent to an activating group) is 1. The summed E-state index contributed by atoms with van der Waals surface area (Å²) in [7, 11) is -3.65. The molecule has 224 valence electrons. The molecule has 1 aliphatic rings. The fourth-order valence-electron chi connectivity index (χ4n) is 4.82. The Morgan fingerprint density at radius 2 is 1.64 bits per heavy atom. The third kappa shape index (κ3) is 8.48. The molecule has 3 aromatic rings. The van der Waals surface area contributed by atoms with E-state index in [0.29, 0.717) is 43.4 Å². The topological polar surface area (TPSA) is 105 Å². The number of hydrogen-bond acceptors (Lipinski definition) is 6. The Balaban J connectivity index is 1.55. The van der Waals surface area contributed by atoms with Crippen LogP contribution in [0.15, 0.2) is 77.3 Å². The van der Waals surface area contributed by atoms with Crippen molar-refractivity contribution in [2.45, 2.75) is 38.8 Å². The van der Waals surface area contributed by atoms with Gasteiger partial charge in [-0.25, -0.2) is 8.42 Å². The molecule has 1 heterocycles. The number of ether oxygens (including phenoxy) is 2. The SMILES string of the molecule is CCNC(=O)C(Cc1ccccc1)N(Cc1ccc(Br)cc1)C(=O)CCCN(c1ccc2c(c1)OCCO2)S(C)(=O)=O. The van der Waals surface area contributed by atoms with Crippen molar-refractivity contribution < 1.29 is 27.5 Å². The monoisotopic (exact) mass is 657 g/mol. The van der Waals surface area contributed by atoms with E-state index in [2.05, 4.69) is 21.2 Å². The molecule has 42 heavy (non-hydrogen) atoms. The van der Waals surface area contributed by atoms with Crippen molar-refractivity contribution in [3.05, 3.63) is 88.4 Å². The van der Waals surface area contributed by atoms with E-state index in [1.54, 1.807) is 23.1 Å². The van der Waals surface area contributed by atoms with E-state index < -0.39 is 16.1 Å². The Morgan fingerprint density at radius 1 is 0.952 bits per heavy atom. The van der Waals surface area contributed by atoms with Gasteiger partial charge in [0.1, 0.15) is 19.3 Å². The van der Waals surface area contributed by atoms with Crippen molar-refractivity contribution in [2.24, 2.45) is 0 Å². The molecule has 3 aromatic carbocycles. The number of rotatable bonds is 13. The maximum atomic E-state index is 13.8. The van der Waals surface area contributed by atoms with Gasteiger partial charge >= 0.3 is 0 Å². The molecule has 1 N–H and O–H groups in total. The molecule has 11 heteroatoms. The lowest BCUT2D eigenvalue weighted by Crippen LogP contribution is -2.50. The molecule has 0 fully saturated rings. The maximum absolute atomic E-state index is 13.8. The number of carbonyl (C=O) groups is 2. The second kappa shape index (κ2) is 14.6. The van der Waals surface area contributed by atoms with Crippen LogP contribution in [0.25, 0.3) is 0 Å². The van der Waals surface area contributed by atoms with Gasteiger partial charge in [-0.1, -0.05) is 58.4 Å². The minimum atomic E-state index is -3.65. The summed E-state index contributed by atoms with van der Waals surface area (Å²) in [5.74, 6) is 0.573. The van der Waals surface area contributed by atoms with Gasteiger partial charge in [0.15, 0.2) is 11.5 Å². The zero-order valence-corrected chi connectivity index (χ0v) is 26.2. The second-order valence-electron chi connectivity index (χ2n) is 10.0. The summed E-state index contributed by atoms with van der Waals surface area (Å²) >= 11 is 3.45. The molecular formula is C31H36BrN3O6S. The van der Waals surface area contributed by atoms with Crippen LogP contribution in [0, 0.1) is 0 Å². The van der Waals surface area contributed by atoms with Crippen molar-refractivity contribution in [3.8, 4) is 11.5 Å². The minimum Gasteiger partial charge on any atom is -0.486 e. The summed E-state index contributed by atoms with van der Waals surface area (Å²) in [4.78, 5) is 28.8. The summed E-state index contributed by atoms with van der Waals surface area (Å²) in [6, 6.07) is 21.5. The summed E-state index contributed by atoms with van der Waals surface area (Å²) < 4.78 is 38.9. The van der Waals surface area contributed by atoms with E-state index in [-0.39, 0.29) is 37.7 Å². The molecule has 0 aromatic heterocycles. The van der Waals surface area contributed by atoms with Gasteiger partial charge < -0.3 is 19.7 Å². The van der Waals surface area contributed by atoms with Gasteiger partial charge in [0.25, 0.3) is 0 Å². The zero-order chi connectivity index (χ0) is 30.1.